The van der Waals surface area contributed by atoms with Crippen molar-refractivity contribution in [1.82, 2.24) is 10.3 Å². The van der Waals surface area contributed by atoms with E-state index in [2.05, 4.69) is 10.3 Å². The standard InChI is InChI=1S/C28H29ClF3N3O3/c1-35(24-14-26(28(30,31)32)34-23-10-4-18(29)12-22(23)24)20-7-5-19(6-8-20)33-27(36)17-11-16-3-9-21(37-2)13-25(16)38-15-17/h3-4,9-10,12-14,17,19-20H,5-8,11,15H2,1-2H3,(H,33,36). The van der Waals surface area contributed by atoms with Crippen molar-refractivity contribution in [2.45, 2.75) is 50.4 Å². The van der Waals surface area contributed by atoms with Gasteiger partial charge in [0.25, 0.3) is 0 Å². The van der Waals surface area contributed by atoms with E-state index in [1.807, 2.05) is 30.1 Å². The smallest absolute Gasteiger partial charge is 0.433 e. The Hall–Kier alpha value is -3.20. The van der Waals surface area contributed by atoms with Crippen molar-refractivity contribution in [3.05, 3.63) is 58.7 Å². The van der Waals surface area contributed by atoms with Crippen molar-refractivity contribution in [1.29, 1.82) is 0 Å². The molecule has 1 aliphatic heterocycles. The molecular formula is C28H29ClF3N3O3. The van der Waals surface area contributed by atoms with Crippen LogP contribution in [0.25, 0.3) is 10.9 Å². The summed E-state index contributed by atoms with van der Waals surface area (Å²) in [6, 6.07) is 11.5. The molecule has 5 rings (SSSR count). The molecule has 0 bridgehead atoms. The SMILES string of the molecule is COc1ccc2c(c1)OCC(C(=O)NC1CCC(N(C)c3cc(C(F)(F)F)nc4ccc(Cl)cc34)CC1)C2. The predicted molar refractivity (Wildman–Crippen MR) is 140 cm³/mol. The molecule has 1 saturated carbocycles. The minimum Gasteiger partial charge on any atom is -0.497 e. The average Bonchev–Trinajstić information content (AvgIpc) is 2.91. The van der Waals surface area contributed by atoms with Gasteiger partial charge < -0.3 is 19.7 Å². The van der Waals surface area contributed by atoms with E-state index in [1.54, 1.807) is 19.2 Å². The van der Waals surface area contributed by atoms with Crippen LogP contribution in [-0.2, 0) is 17.4 Å². The highest BCUT2D eigenvalue weighted by molar-refractivity contribution is 6.31. The van der Waals surface area contributed by atoms with Gasteiger partial charge in [-0.25, -0.2) is 4.98 Å². The Bertz CT molecular complexity index is 1340. The Kier molecular flexibility index (Phi) is 7.31. The van der Waals surface area contributed by atoms with E-state index in [9.17, 15) is 18.0 Å². The van der Waals surface area contributed by atoms with E-state index in [0.717, 1.165) is 43.1 Å². The molecule has 6 nitrogen and oxygen atoms in total. The number of amides is 1. The van der Waals surface area contributed by atoms with Crippen molar-refractivity contribution < 1.29 is 27.4 Å². The lowest BCUT2D eigenvalue weighted by atomic mass is 9.89. The van der Waals surface area contributed by atoms with Gasteiger partial charge in [0.05, 0.1) is 18.5 Å². The summed E-state index contributed by atoms with van der Waals surface area (Å²) < 4.78 is 51.7. The van der Waals surface area contributed by atoms with Gasteiger partial charge in [-0.05, 0) is 68.0 Å². The zero-order valence-corrected chi connectivity index (χ0v) is 21.9. The van der Waals surface area contributed by atoms with Crippen LogP contribution in [0.3, 0.4) is 0 Å². The van der Waals surface area contributed by atoms with Crippen LogP contribution < -0.4 is 19.7 Å². The number of methoxy groups -OCH3 is 1. The quantitative estimate of drug-likeness (QED) is 0.422. The first-order valence-corrected chi connectivity index (χ1v) is 13.0. The minimum atomic E-state index is -4.55. The second-order valence-electron chi connectivity index (χ2n) is 10.00. The third kappa shape index (κ3) is 5.48. The zero-order valence-electron chi connectivity index (χ0n) is 21.1. The van der Waals surface area contributed by atoms with Gasteiger partial charge >= 0.3 is 6.18 Å². The van der Waals surface area contributed by atoms with E-state index in [4.69, 9.17) is 21.1 Å². The molecular weight excluding hydrogens is 519 g/mol. The van der Waals surface area contributed by atoms with Crippen LogP contribution >= 0.6 is 11.6 Å². The molecule has 2 aromatic carbocycles. The first kappa shape index (κ1) is 26.4. The summed E-state index contributed by atoms with van der Waals surface area (Å²) in [6.45, 7) is 0.309. The third-order valence-corrected chi connectivity index (χ3v) is 7.80. The van der Waals surface area contributed by atoms with E-state index in [1.165, 1.54) is 6.07 Å². The number of pyridine rings is 1. The largest absolute Gasteiger partial charge is 0.497 e. The number of nitrogens with zero attached hydrogens (tertiary/aromatic N) is 2. The van der Waals surface area contributed by atoms with E-state index < -0.39 is 11.9 Å². The number of hydrogen-bond donors (Lipinski definition) is 1. The Morgan fingerprint density at radius 3 is 2.61 bits per heavy atom. The summed E-state index contributed by atoms with van der Waals surface area (Å²) in [6.07, 6.45) is -1.02. The number of nitrogens with one attached hydrogen (secondary N) is 1. The number of ether oxygens (including phenoxy) is 2. The normalized spacial score (nSPS) is 21.4. The van der Waals surface area contributed by atoms with Crippen LogP contribution in [-0.4, -0.2) is 43.7 Å². The summed E-state index contributed by atoms with van der Waals surface area (Å²) in [4.78, 5) is 18.7. The molecule has 0 saturated heterocycles. The molecule has 1 N–H and O–H groups in total. The maximum Gasteiger partial charge on any atom is 0.433 e. The summed E-state index contributed by atoms with van der Waals surface area (Å²) in [7, 11) is 3.41. The maximum atomic E-state index is 13.6. The number of aromatic nitrogens is 1. The van der Waals surface area contributed by atoms with Gasteiger partial charge in [0.2, 0.25) is 5.91 Å². The number of hydrogen-bond acceptors (Lipinski definition) is 5. The van der Waals surface area contributed by atoms with Crippen LogP contribution in [0.1, 0.15) is 36.9 Å². The van der Waals surface area contributed by atoms with Gasteiger partial charge in [0, 0.05) is 41.3 Å². The molecule has 38 heavy (non-hydrogen) atoms. The van der Waals surface area contributed by atoms with Crippen molar-refractivity contribution in [2.75, 3.05) is 25.7 Å². The molecule has 1 amide bonds. The molecule has 1 aromatic heterocycles. The summed E-state index contributed by atoms with van der Waals surface area (Å²) in [5.41, 5.74) is 0.754. The summed E-state index contributed by atoms with van der Waals surface area (Å²) in [5.74, 6) is 1.15. The Labute approximate surface area is 224 Å². The number of rotatable bonds is 5. The lowest BCUT2D eigenvalue weighted by Gasteiger charge is -2.37. The first-order valence-electron chi connectivity index (χ1n) is 12.6. The lowest BCUT2D eigenvalue weighted by molar-refractivity contribution is -0.141. The lowest BCUT2D eigenvalue weighted by Crippen LogP contribution is -2.46. The van der Waals surface area contributed by atoms with Gasteiger partial charge in [-0.2, -0.15) is 13.2 Å². The average molecular weight is 548 g/mol. The van der Waals surface area contributed by atoms with Gasteiger partial charge in [-0.3, -0.25) is 4.79 Å². The highest BCUT2D eigenvalue weighted by Crippen LogP contribution is 2.38. The Morgan fingerprint density at radius 2 is 1.89 bits per heavy atom. The van der Waals surface area contributed by atoms with E-state index in [0.29, 0.717) is 34.9 Å². The third-order valence-electron chi connectivity index (χ3n) is 7.56. The summed E-state index contributed by atoms with van der Waals surface area (Å²) in [5, 5.41) is 4.19. The van der Waals surface area contributed by atoms with Crippen LogP contribution in [0.15, 0.2) is 42.5 Å². The minimum absolute atomic E-state index is 0.0128. The van der Waals surface area contributed by atoms with Crippen LogP contribution in [0.5, 0.6) is 11.5 Å². The Morgan fingerprint density at radius 1 is 1.13 bits per heavy atom. The Balaban J connectivity index is 1.23. The molecule has 2 aliphatic rings. The maximum absolute atomic E-state index is 13.6. The fraction of sp³-hybridized carbons (Fsp3) is 0.429. The molecule has 1 fully saturated rings. The van der Waals surface area contributed by atoms with Crippen LogP contribution in [0, 0.1) is 5.92 Å². The molecule has 0 spiro atoms. The number of fused-ring (bicyclic) bond motifs is 2. The highest BCUT2D eigenvalue weighted by Gasteiger charge is 2.35. The van der Waals surface area contributed by atoms with Gasteiger partial charge in [0.15, 0.2) is 0 Å². The fourth-order valence-electron chi connectivity index (χ4n) is 5.39. The second-order valence-corrected chi connectivity index (χ2v) is 10.4. The zero-order chi connectivity index (χ0) is 27.0. The summed E-state index contributed by atoms with van der Waals surface area (Å²) >= 11 is 6.16. The van der Waals surface area contributed by atoms with Gasteiger partial charge in [-0.1, -0.05) is 17.7 Å². The van der Waals surface area contributed by atoms with Crippen molar-refractivity contribution in [2.24, 2.45) is 5.92 Å². The topological polar surface area (TPSA) is 63.7 Å². The molecule has 1 aliphatic carbocycles. The number of anilines is 1. The predicted octanol–water partition coefficient (Wildman–Crippen LogP) is 6.03. The number of alkyl halides is 3. The van der Waals surface area contributed by atoms with Crippen LogP contribution in [0.2, 0.25) is 5.02 Å². The van der Waals surface area contributed by atoms with Gasteiger partial charge in [0.1, 0.15) is 23.8 Å². The molecule has 1 atom stereocenters. The molecule has 3 aromatic rings. The molecule has 0 radical (unpaired) electrons. The van der Waals surface area contributed by atoms with E-state index in [-0.39, 0.29) is 29.4 Å². The first-order chi connectivity index (χ1) is 18.1. The van der Waals surface area contributed by atoms with Crippen molar-refractivity contribution in [3.8, 4) is 11.5 Å². The molecule has 2 heterocycles. The molecule has 202 valence electrons. The second kappa shape index (κ2) is 10.5. The number of benzene rings is 2. The fourth-order valence-corrected chi connectivity index (χ4v) is 5.56. The number of carbonyl (C=O) groups excluding carboxylic acids is 1. The van der Waals surface area contributed by atoms with Crippen LogP contribution in [0.4, 0.5) is 18.9 Å². The van der Waals surface area contributed by atoms with Crippen molar-refractivity contribution in [3.63, 3.8) is 0 Å². The number of halogens is 4. The van der Waals surface area contributed by atoms with E-state index >= 15 is 0 Å². The number of carbonyl (C=O) groups is 1. The van der Waals surface area contributed by atoms with Crippen molar-refractivity contribution >= 4 is 34.1 Å². The molecule has 10 heteroatoms. The molecule has 1 unspecified atom stereocenters. The van der Waals surface area contributed by atoms with Gasteiger partial charge in [-0.15, -0.1) is 0 Å². The monoisotopic (exact) mass is 547 g/mol. The highest BCUT2D eigenvalue weighted by atomic mass is 35.5.